The van der Waals surface area contributed by atoms with Gasteiger partial charge in [-0.2, -0.15) is 0 Å². The van der Waals surface area contributed by atoms with Gasteiger partial charge in [-0.1, -0.05) is 38.5 Å². The van der Waals surface area contributed by atoms with Gasteiger partial charge in [-0.15, -0.1) is 5.25 Å². The number of hydrogen-bond donors (Lipinski definition) is 1. The molecule has 17 heavy (non-hydrogen) atoms. The number of rotatable bonds is 2. The first kappa shape index (κ1) is 15.5. The molecular weight excluding hydrogens is 284 g/mol. The van der Waals surface area contributed by atoms with E-state index in [4.69, 9.17) is 12.6 Å². The summed E-state index contributed by atoms with van der Waals surface area (Å²) in [4.78, 5) is 12.1. The Labute approximate surface area is 123 Å². The predicted octanol–water partition coefficient (Wildman–Crippen LogP) is 2.54. The molecule has 0 aliphatic heterocycles. The quantitative estimate of drug-likeness (QED) is 0.627. The molecule has 2 aliphatic carbocycles. The fraction of sp³-hybridized carbons (Fsp3) is 0.923. The van der Waals surface area contributed by atoms with Gasteiger partial charge in [0, 0.05) is 31.4 Å². The summed E-state index contributed by atoms with van der Waals surface area (Å²) in [5, 5.41) is 3.46. The van der Waals surface area contributed by atoms with Crippen molar-refractivity contribution in [2.45, 2.75) is 69.1 Å². The second kappa shape index (κ2) is 7.79. The van der Waals surface area contributed by atoms with Crippen LogP contribution in [0.2, 0.25) is 0 Å². The average Bonchev–Trinajstić information content (AvgIpc) is 2.33. The van der Waals surface area contributed by atoms with E-state index in [1.807, 2.05) is 0 Å². The minimum Gasteiger partial charge on any atom is -0.787 e. The van der Waals surface area contributed by atoms with Crippen LogP contribution in [0.3, 0.4) is 0 Å². The van der Waals surface area contributed by atoms with E-state index in [0.29, 0.717) is 0 Å². The van der Waals surface area contributed by atoms with Gasteiger partial charge in [0.05, 0.1) is 0 Å². The summed E-state index contributed by atoms with van der Waals surface area (Å²) < 4.78 is 0. The first-order valence-corrected chi connectivity index (χ1v) is 7.20. The van der Waals surface area contributed by atoms with Crippen LogP contribution < -0.4 is 5.32 Å². The number of nitrogens with one attached hydrogen (secondary N) is 1. The summed E-state index contributed by atoms with van der Waals surface area (Å²) in [5.74, 6) is 0.555. The smallest absolute Gasteiger partial charge is 0.223 e. The maximum atomic E-state index is 12.1. The average molecular weight is 306 g/mol. The van der Waals surface area contributed by atoms with E-state index >= 15 is 0 Å². The maximum Gasteiger partial charge on any atom is 0.223 e. The number of carbonyl (C=O) groups is 1. The maximum absolute atomic E-state index is 12.1. The van der Waals surface area contributed by atoms with Gasteiger partial charge in [-0.05, 0) is 19.3 Å². The molecule has 2 atom stereocenters. The van der Waals surface area contributed by atoms with Crippen molar-refractivity contribution in [2.75, 3.05) is 0 Å². The molecule has 0 bridgehead atoms. The van der Waals surface area contributed by atoms with Crippen molar-refractivity contribution < 1.29 is 24.3 Å². The molecule has 2 rings (SSSR count). The summed E-state index contributed by atoms with van der Waals surface area (Å²) in [5.41, 5.74) is 0. The van der Waals surface area contributed by atoms with E-state index in [1.54, 1.807) is 0 Å². The normalized spacial score (nSPS) is 30.4. The molecule has 0 saturated heterocycles. The first-order chi connectivity index (χ1) is 7.77. The summed E-state index contributed by atoms with van der Waals surface area (Å²) in [7, 11) is 0. The molecule has 1 amide bonds. The fourth-order valence-electron chi connectivity index (χ4n) is 2.93. The molecule has 0 aromatic carbocycles. The topological polar surface area (TPSA) is 29.1 Å². The van der Waals surface area contributed by atoms with Crippen LogP contribution >= 0.6 is 0 Å². The van der Waals surface area contributed by atoms with Crippen LogP contribution in [0, 0.1) is 5.92 Å². The molecule has 0 spiro atoms. The molecule has 4 heteroatoms. The standard InChI is InChI=1S/C13H23NOS.Zn/c15-13(10-6-2-1-3-7-10)14-11-8-4-5-9-12(11)16;/h10-12,16H,1-9H2,(H,14,15);/p-1. The first-order valence-electron chi connectivity index (χ1n) is 6.73. The Morgan fingerprint density at radius 3 is 2.18 bits per heavy atom. The Hall–Kier alpha value is 0.443. The van der Waals surface area contributed by atoms with E-state index in [2.05, 4.69) is 5.32 Å². The van der Waals surface area contributed by atoms with E-state index < -0.39 is 0 Å². The minimum absolute atomic E-state index is 0. The molecule has 1 N–H and O–H groups in total. The zero-order chi connectivity index (χ0) is 11.4. The third kappa shape index (κ3) is 4.55. The van der Waals surface area contributed by atoms with E-state index in [9.17, 15) is 4.79 Å². The fourth-order valence-corrected chi connectivity index (χ4v) is 3.30. The van der Waals surface area contributed by atoms with Gasteiger partial charge in [0.1, 0.15) is 0 Å². The van der Waals surface area contributed by atoms with Crippen LogP contribution in [0.4, 0.5) is 0 Å². The Morgan fingerprint density at radius 1 is 0.941 bits per heavy atom. The molecule has 0 heterocycles. The summed E-state index contributed by atoms with van der Waals surface area (Å²) in [6.07, 6.45) is 10.6. The van der Waals surface area contributed by atoms with Gasteiger partial charge in [0.2, 0.25) is 5.91 Å². The SMILES string of the molecule is O=C(NC1CCCCC1[S-])C1CCCCC1.[Zn]. The van der Waals surface area contributed by atoms with Crippen molar-refractivity contribution in [3.63, 3.8) is 0 Å². The Balaban J connectivity index is 0.00000144. The van der Waals surface area contributed by atoms with E-state index in [1.165, 1.54) is 32.1 Å². The second-order valence-corrected chi connectivity index (χ2v) is 5.88. The third-order valence-corrected chi connectivity index (χ3v) is 4.57. The molecule has 0 aromatic heterocycles. The molecular formula is C13H22NOSZn-. The number of amides is 1. The van der Waals surface area contributed by atoms with Crippen LogP contribution in [0.1, 0.15) is 57.8 Å². The molecule has 2 saturated carbocycles. The number of hydrogen-bond acceptors (Lipinski definition) is 2. The Morgan fingerprint density at radius 2 is 1.53 bits per heavy atom. The van der Waals surface area contributed by atoms with E-state index in [-0.39, 0.29) is 42.6 Å². The molecule has 2 nitrogen and oxygen atoms in total. The Bertz CT molecular complexity index is 244. The van der Waals surface area contributed by atoms with Gasteiger partial charge in [0.25, 0.3) is 0 Å². The van der Waals surface area contributed by atoms with Gasteiger partial charge in [-0.3, -0.25) is 4.79 Å². The molecule has 2 fully saturated rings. The van der Waals surface area contributed by atoms with Gasteiger partial charge in [0.15, 0.2) is 0 Å². The van der Waals surface area contributed by atoms with Crippen molar-refractivity contribution in [1.82, 2.24) is 5.32 Å². The second-order valence-electron chi connectivity index (χ2n) is 5.27. The zero-order valence-electron chi connectivity index (χ0n) is 10.6. The van der Waals surface area contributed by atoms with Crippen LogP contribution in [0.5, 0.6) is 0 Å². The molecule has 0 radical (unpaired) electrons. The van der Waals surface area contributed by atoms with Crippen molar-refractivity contribution in [1.29, 1.82) is 0 Å². The zero-order valence-corrected chi connectivity index (χ0v) is 14.4. The molecule has 94 valence electrons. The van der Waals surface area contributed by atoms with Crippen LogP contribution in [0.15, 0.2) is 0 Å². The van der Waals surface area contributed by atoms with Gasteiger partial charge in [-0.25, -0.2) is 0 Å². The summed E-state index contributed by atoms with van der Waals surface area (Å²) in [6.45, 7) is 0. The molecule has 2 aliphatic rings. The Kier molecular flexibility index (Phi) is 7.10. The number of carbonyl (C=O) groups excluding carboxylic acids is 1. The third-order valence-electron chi connectivity index (χ3n) is 4.01. The largest absolute Gasteiger partial charge is 0.787 e. The molecule has 2 unspecified atom stereocenters. The van der Waals surface area contributed by atoms with Crippen molar-refractivity contribution in [2.24, 2.45) is 5.92 Å². The van der Waals surface area contributed by atoms with Crippen molar-refractivity contribution in [3.8, 4) is 0 Å². The van der Waals surface area contributed by atoms with Gasteiger partial charge < -0.3 is 17.9 Å². The van der Waals surface area contributed by atoms with Crippen molar-refractivity contribution in [3.05, 3.63) is 0 Å². The van der Waals surface area contributed by atoms with Crippen LogP contribution in [-0.2, 0) is 36.9 Å². The van der Waals surface area contributed by atoms with Crippen LogP contribution in [0.25, 0.3) is 0 Å². The molecule has 0 aromatic rings. The van der Waals surface area contributed by atoms with Crippen molar-refractivity contribution >= 4 is 18.5 Å². The van der Waals surface area contributed by atoms with Crippen LogP contribution in [-0.4, -0.2) is 17.2 Å². The van der Waals surface area contributed by atoms with Gasteiger partial charge >= 0.3 is 0 Å². The summed E-state index contributed by atoms with van der Waals surface area (Å²) in [6, 6.07) is 0.276. The predicted molar refractivity (Wildman–Crippen MR) is 68.1 cm³/mol. The monoisotopic (exact) mass is 304 g/mol. The summed E-state index contributed by atoms with van der Waals surface area (Å²) >= 11 is 5.42. The minimum atomic E-state index is 0. The van der Waals surface area contributed by atoms with E-state index in [0.717, 1.165) is 25.7 Å².